The van der Waals surface area contributed by atoms with Crippen molar-refractivity contribution in [2.75, 3.05) is 0 Å². The summed E-state index contributed by atoms with van der Waals surface area (Å²) in [6.07, 6.45) is 15.0. The second-order valence-electron chi connectivity index (χ2n) is 1.82. The van der Waals surface area contributed by atoms with Crippen molar-refractivity contribution in [2.45, 2.75) is 12.8 Å². The normalized spacial score (nSPS) is 16.8. The minimum atomic E-state index is 0. The van der Waals surface area contributed by atoms with Crippen LogP contribution in [0, 0.1) is 0 Å². The Morgan fingerprint density at radius 3 is 1.13 bits per heavy atom. The second kappa shape index (κ2) is 38.3. The van der Waals surface area contributed by atoms with Gasteiger partial charge in [0.25, 0.3) is 20.4 Å². The second-order valence-corrected chi connectivity index (χ2v) is 1.82. The van der Waals surface area contributed by atoms with E-state index in [2.05, 4.69) is 56.8 Å². The van der Waals surface area contributed by atoms with Crippen molar-refractivity contribution in [1.29, 1.82) is 0 Å². The first-order valence-electron chi connectivity index (χ1n) is 3.60. The number of hydrogen-bond donors (Lipinski definition) is 0. The van der Waals surface area contributed by atoms with Gasteiger partial charge in [-0.2, -0.15) is 0 Å². The van der Waals surface area contributed by atoms with Crippen LogP contribution in [0.25, 0.3) is 0 Å². The van der Waals surface area contributed by atoms with E-state index in [9.17, 15) is 0 Å². The smallest absolute Gasteiger partial charge is 0.281 e. The molecule has 15 heavy (non-hydrogen) atoms. The fourth-order valence-electron chi connectivity index (χ4n) is 0.670. The van der Waals surface area contributed by atoms with E-state index >= 15 is 0 Å². The van der Waals surface area contributed by atoms with Gasteiger partial charge in [0, 0.05) is 21.1 Å². The number of rotatable bonds is 0. The Balaban J connectivity index is -0.0000000755. The Hall–Kier alpha value is -1.08. The maximum atomic E-state index is 7.50. The first kappa shape index (κ1) is 23.6. The fraction of sp³-hybridized carbons (Fsp3) is 0.182. The van der Waals surface area contributed by atoms with E-state index in [1.807, 2.05) is 0 Å². The van der Waals surface area contributed by atoms with Gasteiger partial charge in [-0.05, 0) is 12.8 Å². The average Bonchev–Trinajstić information content (AvgIpc) is 2.26. The minimum Gasteiger partial charge on any atom is -0.281 e. The van der Waals surface area contributed by atoms with Crippen LogP contribution in [0.15, 0.2) is 36.5 Å². The van der Waals surface area contributed by atoms with Crippen molar-refractivity contribution in [3.05, 3.63) is 36.5 Å². The minimum absolute atomic E-state index is 0. The first-order valence-corrected chi connectivity index (χ1v) is 3.60. The van der Waals surface area contributed by atoms with Crippen LogP contribution < -0.4 is 0 Å². The van der Waals surface area contributed by atoms with E-state index in [0.29, 0.717) is 0 Å². The van der Waals surface area contributed by atoms with Crippen LogP contribution in [-0.2, 0) is 35.4 Å². The van der Waals surface area contributed by atoms with Gasteiger partial charge in [0.15, 0.2) is 0 Å². The monoisotopic (exact) mass is 288 g/mol. The van der Waals surface area contributed by atoms with Crippen molar-refractivity contribution in [1.82, 2.24) is 0 Å². The Bertz CT molecular complexity index is 156. The summed E-state index contributed by atoms with van der Waals surface area (Å²) in [6, 6.07) is 0. The van der Waals surface area contributed by atoms with Crippen LogP contribution in [0.4, 0.5) is 0 Å². The Labute approximate surface area is 105 Å². The van der Waals surface area contributed by atoms with Crippen LogP contribution in [-0.4, -0.2) is 20.4 Å². The molecule has 0 heterocycles. The third-order valence-electron chi connectivity index (χ3n) is 1.11. The van der Waals surface area contributed by atoms with Gasteiger partial charge in [0.2, 0.25) is 0 Å². The van der Waals surface area contributed by atoms with E-state index in [4.69, 9.17) is 14.4 Å². The molecule has 0 aromatic rings. The summed E-state index contributed by atoms with van der Waals surface area (Å²) >= 11 is 0. The summed E-state index contributed by atoms with van der Waals surface area (Å²) in [6.45, 7) is 13.5. The van der Waals surface area contributed by atoms with Gasteiger partial charge in [-0.3, -0.25) is 14.4 Å². The summed E-state index contributed by atoms with van der Waals surface area (Å²) in [5.41, 5.74) is 0. The largest absolute Gasteiger partial charge is 0.281 e. The van der Waals surface area contributed by atoms with E-state index in [1.165, 1.54) is 12.8 Å². The van der Waals surface area contributed by atoms with Crippen molar-refractivity contribution in [3.8, 4) is 0 Å². The molecule has 1 aliphatic rings. The molecule has 0 unspecified atom stereocenters. The predicted molar refractivity (Wildman–Crippen MR) is 53.7 cm³/mol. The van der Waals surface area contributed by atoms with Gasteiger partial charge in [-0.1, -0.05) is 36.5 Å². The zero-order valence-corrected chi connectivity index (χ0v) is 10.0. The summed E-state index contributed by atoms with van der Waals surface area (Å²) < 4.78 is 0. The molecule has 4 heteroatoms. The van der Waals surface area contributed by atoms with Gasteiger partial charge in [0.1, 0.15) is 0 Å². The average molecular weight is 286 g/mol. The maximum absolute atomic E-state index is 7.50. The molecule has 0 saturated carbocycles. The summed E-state index contributed by atoms with van der Waals surface area (Å²) in [4.78, 5) is 22.5. The van der Waals surface area contributed by atoms with Gasteiger partial charge < -0.3 is 0 Å². The molecule has 1 aliphatic carbocycles. The molecule has 0 aromatic carbocycles. The molecule has 0 aromatic heterocycles. The number of allylic oxidation sites excluding steroid dienone is 6. The molecule has 0 N–H and O–H groups in total. The summed E-state index contributed by atoms with van der Waals surface area (Å²) in [7, 11) is 0. The van der Waals surface area contributed by atoms with Crippen molar-refractivity contribution in [2.24, 2.45) is 0 Å². The predicted octanol–water partition coefficient (Wildman–Crippen LogP) is 1.25. The molecule has 3 nitrogen and oxygen atoms in total. The molecule has 0 bridgehead atoms. The Morgan fingerprint density at radius 2 is 0.867 bits per heavy atom. The zero-order chi connectivity index (χ0) is 11.7. The fourth-order valence-corrected chi connectivity index (χ4v) is 0.670. The molecule has 0 amide bonds. The molecule has 0 atom stereocenters. The zero-order valence-electron chi connectivity index (χ0n) is 8.01. The standard InChI is InChI=1S/C8H10.3CO.Mo/c1-2-4-6-8-7-5-3-1;3*1-2;/h1-6H,7-8H2;;;;/b2-1-,5-3-,6-4-;;;;. The SMILES string of the molecule is C1=C\C=C/CC\C=C/1.[C]=O.[C]=O.[C]=O.[Mo]. The maximum Gasteiger partial charge on any atom is 0.281 e. The van der Waals surface area contributed by atoms with Gasteiger partial charge in [-0.25, -0.2) is 0 Å². The van der Waals surface area contributed by atoms with Crippen LogP contribution >= 0.6 is 0 Å². The van der Waals surface area contributed by atoms with Gasteiger partial charge >= 0.3 is 0 Å². The van der Waals surface area contributed by atoms with Crippen molar-refractivity contribution < 1.29 is 35.4 Å². The molecule has 0 spiro atoms. The molecule has 6 radical (unpaired) electrons. The van der Waals surface area contributed by atoms with Gasteiger partial charge in [-0.15, -0.1) is 0 Å². The molecule has 0 aliphatic heterocycles. The molecule has 78 valence electrons. The van der Waals surface area contributed by atoms with Crippen molar-refractivity contribution in [3.63, 3.8) is 0 Å². The van der Waals surface area contributed by atoms with Crippen LogP contribution in [0.2, 0.25) is 0 Å². The topological polar surface area (TPSA) is 51.2 Å². The molecular weight excluding hydrogens is 276 g/mol. The van der Waals surface area contributed by atoms with E-state index in [0.717, 1.165) is 0 Å². The Kier molecular flexibility index (Phi) is 60.3. The molecule has 0 fully saturated rings. The molecule has 1 rings (SSSR count). The quantitative estimate of drug-likeness (QED) is 0.630. The summed E-state index contributed by atoms with van der Waals surface area (Å²) in [5, 5.41) is 0. The third kappa shape index (κ3) is 32.2. The van der Waals surface area contributed by atoms with Gasteiger partial charge in [0.05, 0.1) is 0 Å². The van der Waals surface area contributed by atoms with Crippen molar-refractivity contribution >= 4 is 20.4 Å². The molecular formula is C11H10MoO3. The summed E-state index contributed by atoms with van der Waals surface area (Å²) in [5.74, 6) is 0. The van der Waals surface area contributed by atoms with E-state index < -0.39 is 0 Å². The van der Waals surface area contributed by atoms with E-state index in [-0.39, 0.29) is 21.1 Å². The van der Waals surface area contributed by atoms with Crippen LogP contribution in [0.5, 0.6) is 0 Å². The van der Waals surface area contributed by atoms with E-state index in [1.54, 1.807) is 0 Å². The van der Waals surface area contributed by atoms with Crippen LogP contribution in [0.3, 0.4) is 0 Å². The first-order chi connectivity index (χ1) is 7.00. The number of carbonyl (C=O) groups excluding carboxylic acids is 3. The Morgan fingerprint density at radius 1 is 0.600 bits per heavy atom. The van der Waals surface area contributed by atoms with Crippen LogP contribution in [0.1, 0.15) is 12.8 Å². The number of hydrogen-bond acceptors (Lipinski definition) is 3. The third-order valence-corrected chi connectivity index (χ3v) is 1.11. The molecule has 0 saturated heterocycles.